The normalized spacial score (nSPS) is 11.2. The minimum absolute atomic E-state index is 0.667. The van der Waals surface area contributed by atoms with E-state index in [0.717, 1.165) is 39.5 Å². The Bertz CT molecular complexity index is 1150. The molecule has 0 aliphatic carbocycles. The van der Waals surface area contributed by atoms with E-state index in [-0.39, 0.29) is 0 Å². The molecule has 0 aliphatic heterocycles. The lowest BCUT2D eigenvalue weighted by Crippen LogP contribution is -2.06. The summed E-state index contributed by atoms with van der Waals surface area (Å²) in [5.41, 5.74) is 4.49. The molecule has 2 heterocycles. The third kappa shape index (κ3) is 3.97. The summed E-state index contributed by atoms with van der Waals surface area (Å²) < 4.78 is 0. The van der Waals surface area contributed by atoms with Crippen molar-refractivity contribution in [3.8, 4) is 11.3 Å². The Morgan fingerprint density at radius 3 is 2.75 bits per heavy atom. The van der Waals surface area contributed by atoms with Crippen LogP contribution in [-0.4, -0.2) is 40.3 Å². The zero-order chi connectivity index (χ0) is 19.5. The van der Waals surface area contributed by atoms with Crippen LogP contribution in [0.5, 0.6) is 0 Å². The first-order valence-corrected chi connectivity index (χ1v) is 9.14. The third-order valence-corrected chi connectivity index (χ3v) is 4.34. The van der Waals surface area contributed by atoms with Crippen LogP contribution >= 0.6 is 11.6 Å². The van der Waals surface area contributed by atoms with Crippen LogP contribution in [0.3, 0.4) is 0 Å². The number of nitrogens with zero attached hydrogens (tertiary/aromatic N) is 4. The summed E-state index contributed by atoms with van der Waals surface area (Å²) in [6.07, 6.45) is 3.32. The second-order valence-corrected chi connectivity index (χ2v) is 7.00. The molecule has 7 heteroatoms. The van der Waals surface area contributed by atoms with Crippen LogP contribution in [-0.2, 0) is 0 Å². The van der Waals surface area contributed by atoms with Gasteiger partial charge in [0.25, 0.3) is 0 Å². The molecular weight excluding hydrogens is 372 g/mol. The number of fused-ring (bicyclic) bond motifs is 1. The molecule has 0 aliphatic rings. The first kappa shape index (κ1) is 18.0. The Labute approximate surface area is 167 Å². The van der Waals surface area contributed by atoms with Crippen molar-refractivity contribution in [3.05, 3.63) is 65.9 Å². The van der Waals surface area contributed by atoms with E-state index in [4.69, 9.17) is 11.6 Å². The number of aromatic amines is 1. The Morgan fingerprint density at radius 2 is 1.93 bits per heavy atom. The van der Waals surface area contributed by atoms with Crippen molar-refractivity contribution in [2.24, 2.45) is 4.99 Å². The van der Waals surface area contributed by atoms with Gasteiger partial charge in [0, 0.05) is 36.1 Å². The molecule has 2 aromatic heterocycles. The highest BCUT2D eigenvalue weighted by molar-refractivity contribution is 6.30. The standard InChI is InChI=1S/C21H19ClN6/c1-28(2)13-25-16-7-3-5-14(9-16)19-11-18-20(23-12-24-21(18)27-19)26-17-8-4-6-15(22)10-17/h3-13H,1-2H3,(H2,23,24,26,27). The van der Waals surface area contributed by atoms with Crippen molar-refractivity contribution in [1.29, 1.82) is 0 Å². The molecule has 0 bridgehead atoms. The molecule has 0 saturated carbocycles. The molecule has 4 aromatic rings. The van der Waals surface area contributed by atoms with Gasteiger partial charge in [-0.1, -0.05) is 29.8 Å². The highest BCUT2D eigenvalue weighted by Gasteiger charge is 2.10. The van der Waals surface area contributed by atoms with Crippen LogP contribution < -0.4 is 5.32 Å². The summed E-state index contributed by atoms with van der Waals surface area (Å²) in [6.45, 7) is 0. The summed E-state index contributed by atoms with van der Waals surface area (Å²) in [4.78, 5) is 18.5. The van der Waals surface area contributed by atoms with E-state index >= 15 is 0 Å². The molecule has 28 heavy (non-hydrogen) atoms. The maximum atomic E-state index is 6.08. The zero-order valence-electron chi connectivity index (χ0n) is 15.5. The number of hydrogen-bond donors (Lipinski definition) is 2. The van der Waals surface area contributed by atoms with Gasteiger partial charge < -0.3 is 15.2 Å². The maximum Gasteiger partial charge on any atom is 0.143 e. The van der Waals surface area contributed by atoms with Gasteiger partial charge in [-0.15, -0.1) is 0 Å². The van der Waals surface area contributed by atoms with E-state index in [9.17, 15) is 0 Å². The maximum absolute atomic E-state index is 6.08. The lowest BCUT2D eigenvalue weighted by molar-refractivity contribution is 0.643. The van der Waals surface area contributed by atoms with Gasteiger partial charge in [0.2, 0.25) is 0 Å². The van der Waals surface area contributed by atoms with E-state index in [0.29, 0.717) is 5.02 Å². The minimum atomic E-state index is 0.667. The Kier molecular flexibility index (Phi) is 4.95. The minimum Gasteiger partial charge on any atom is -0.369 e. The number of nitrogens with one attached hydrogen (secondary N) is 2. The van der Waals surface area contributed by atoms with Crippen molar-refractivity contribution in [1.82, 2.24) is 19.9 Å². The van der Waals surface area contributed by atoms with Gasteiger partial charge in [-0.05, 0) is 36.4 Å². The number of H-pyrrole nitrogens is 1. The summed E-state index contributed by atoms with van der Waals surface area (Å²) >= 11 is 6.08. The predicted molar refractivity (Wildman–Crippen MR) is 116 cm³/mol. The van der Waals surface area contributed by atoms with Crippen LogP contribution in [0.2, 0.25) is 5.02 Å². The van der Waals surface area contributed by atoms with Gasteiger partial charge in [0.15, 0.2) is 0 Å². The predicted octanol–water partition coefficient (Wildman–Crippen LogP) is 5.24. The van der Waals surface area contributed by atoms with Gasteiger partial charge in [0.05, 0.1) is 17.4 Å². The monoisotopic (exact) mass is 390 g/mol. The highest BCUT2D eigenvalue weighted by atomic mass is 35.5. The van der Waals surface area contributed by atoms with E-state index in [1.54, 1.807) is 6.34 Å². The van der Waals surface area contributed by atoms with Crippen LogP contribution in [0.25, 0.3) is 22.3 Å². The Morgan fingerprint density at radius 1 is 1.07 bits per heavy atom. The van der Waals surface area contributed by atoms with Crippen molar-refractivity contribution in [2.75, 3.05) is 19.4 Å². The number of halogens is 1. The number of benzene rings is 2. The number of rotatable bonds is 5. The molecule has 4 rings (SSSR count). The van der Waals surface area contributed by atoms with Gasteiger partial charge >= 0.3 is 0 Å². The molecule has 2 aromatic carbocycles. The van der Waals surface area contributed by atoms with Gasteiger partial charge in [-0.25, -0.2) is 15.0 Å². The lowest BCUT2D eigenvalue weighted by Gasteiger charge is -2.06. The molecule has 2 N–H and O–H groups in total. The lowest BCUT2D eigenvalue weighted by atomic mass is 10.1. The molecule has 0 amide bonds. The number of hydrogen-bond acceptors (Lipinski definition) is 4. The first-order chi connectivity index (χ1) is 13.6. The van der Waals surface area contributed by atoms with Crippen molar-refractivity contribution in [3.63, 3.8) is 0 Å². The summed E-state index contributed by atoms with van der Waals surface area (Å²) in [6, 6.07) is 17.6. The quantitative estimate of drug-likeness (QED) is 0.361. The van der Waals surface area contributed by atoms with E-state index in [2.05, 4.69) is 25.3 Å². The van der Waals surface area contributed by atoms with Crippen LogP contribution in [0.15, 0.2) is 65.9 Å². The largest absolute Gasteiger partial charge is 0.369 e. The average Bonchev–Trinajstić information content (AvgIpc) is 3.12. The molecule has 0 unspecified atom stereocenters. The SMILES string of the molecule is CN(C)C=Nc1cccc(-c2cc3c(Nc4cccc(Cl)c4)ncnc3[nH]2)c1. The van der Waals surface area contributed by atoms with Crippen LogP contribution in [0, 0.1) is 0 Å². The molecule has 0 saturated heterocycles. The average molecular weight is 391 g/mol. The second-order valence-electron chi connectivity index (χ2n) is 6.56. The van der Waals surface area contributed by atoms with Gasteiger partial charge in [-0.3, -0.25) is 0 Å². The molecule has 6 nitrogen and oxygen atoms in total. The molecule has 140 valence electrons. The smallest absolute Gasteiger partial charge is 0.143 e. The summed E-state index contributed by atoms with van der Waals surface area (Å²) in [5, 5.41) is 4.88. The molecule has 0 spiro atoms. The molecule has 0 radical (unpaired) electrons. The molecular formula is C21H19ClN6. The van der Waals surface area contributed by atoms with Crippen LogP contribution in [0.1, 0.15) is 0 Å². The van der Waals surface area contributed by atoms with Crippen molar-refractivity contribution < 1.29 is 0 Å². The Balaban J connectivity index is 1.70. The molecule has 0 fully saturated rings. The summed E-state index contributed by atoms with van der Waals surface area (Å²) in [7, 11) is 3.89. The fraction of sp³-hybridized carbons (Fsp3) is 0.0952. The van der Waals surface area contributed by atoms with Crippen molar-refractivity contribution >= 4 is 46.2 Å². The first-order valence-electron chi connectivity index (χ1n) is 8.76. The molecule has 0 atom stereocenters. The number of aromatic nitrogens is 3. The number of anilines is 2. The van der Waals surface area contributed by atoms with E-state index in [1.807, 2.05) is 73.6 Å². The second kappa shape index (κ2) is 7.70. The van der Waals surface area contributed by atoms with Crippen LogP contribution in [0.4, 0.5) is 17.2 Å². The Hall–Kier alpha value is -3.38. The van der Waals surface area contributed by atoms with Gasteiger partial charge in [0.1, 0.15) is 17.8 Å². The fourth-order valence-electron chi connectivity index (χ4n) is 2.83. The number of aliphatic imine (C=N–C) groups is 1. The summed E-state index contributed by atoms with van der Waals surface area (Å²) in [5.74, 6) is 0.719. The van der Waals surface area contributed by atoms with E-state index in [1.165, 1.54) is 6.33 Å². The van der Waals surface area contributed by atoms with E-state index < -0.39 is 0 Å². The fourth-order valence-corrected chi connectivity index (χ4v) is 3.02. The highest BCUT2D eigenvalue weighted by Crippen LogP contribution is 2.30. The topological polar surface area (TPSA) is 69.2 Å². The third-order valence-electron chi connectivity index (χ3n) is 4.11. The van der Waals surface area contributed by atoms with Crippen molar-refractivity contribution in [2.45, 2.75) is 0 Å². The zero-order valence-corrected chi connectivity index (χ0v) is 16.3. The van der Waals surface area contributed by atoms with Gasteiger partial charge in [-0.2, -0.15) is 0 Å².